The first-order valence-electron chi connectivity index (χ1n) is 15.5. The maximum absolute atomic E-state index is 13.9. The maximum atomic E-state index is 13.9. The molecule has 1 aliphatic rings. The van der Waals surface area contributed by atoms with E-state index in [-0.39, 0.29) is 0 Å². The summed E-state index contributed by atoms with van der Waals surface area (Å²) in [6.07, 6.45) is 0.684. The Hall–Kier alpha value is -5.52. The van der Waals surface area contributed by atoms with Gasteiger partial charge in [0.15, 0.2) is 0 Å². The average molecular weight is 613 g/mol. The smallest absolute Gasteiger partial charge is 0.210 e. The lowest BCUT2D eigenvalue weighted by atomic mass is 9.85. The molecular formula is C41H28N2O2S. The molecule has 0 saturated carbocycles. The third kappa shape index (κ3) is 3.79. The Labute approximate surface area is 267 Å². The van der Waals surface area contributed by atoms with Crippen molar-refractivity contribution in [1.82, 2.24) is 9.55 Å². The summed E-state index contributed by atoms with van der Waals surface area (Å²) in [7, 11) is -3.70. The van der Waals surface area contributed by atoms with E-state index < -0.39 is 9.84 Å². The minimum atomic E-state index is -3.70. The van der Waals surface area contributed by atoms with Crippen LogP contribution in [0.15, 0.2) is 149 Å². The number of hydrogen-bond donors (Lipinski definition) is 0. The molecule has 220 valence electrons. The molecule has 0 aliphatic carbocycles. The predicted molar refractivity (Wildman–Crippen MR) is 187 cm³/mol. The van der Waals surface area contributed by atoms with Gasteiger partial charge in [0.1, 0.15) is 5.82 Å². The van der Waals surface area contributed by atoms with E-state index in [1.54, 1.807) is 18.2 Å². The maximum Gasteiger partial charge on any atom is 0.210 e. The van der Waals surface area contributed by atoms with Crippen molar-refractivity contribution in [2.75, 3.05) is 0 Å². The second kappa shape index (κ2) is 9.99. The Morgan fingerprint density at radius 3 is 1.80 bits per heavy atom. The van der Waals surface area contributed by atoms with Gasteiger partial charge >= 0.3 is 0 Å². The van der Waals surface area contributed by atoms with Gasteiger partial charge in [0.2, 0.25) is 9.84 Å². The zero-order valence-electron chi connectivity index (χ0n) is 25.1. The van der Waals surface area contributed by atoms with Gasteiger partial charge in [0.05, 0.1) is 26.5 Å². The monoisotopic (exact) mass is 612 g/mol. The van der Waals surface area contributed by atoms with Crippen LogP contribution in [0, 0.1) is 0 Å². The number of para-hydroxylation sites is 1. The summed E-state index contributed by atoms with van der Waals surface area (Å²) < 4.78 is 29.8. The molecular weight excluding hydrogens is 585 g/mol. The van der Waals surface area contributed by atoms with Crippen molar-refractivity contribution in [1.29, 1.82) is 0 Å². The Morgan fingerprint density at radius 1 is 0.543 bits per heavy atom. The summed E-state index contributed by atoms with van der Waals surface area (Å²) in [5.74, 6) is 0.847. The number of imidazole rings is 1. The van der Waals surface area contributed by atoms with Gasteiger partial charge in [-0.3, -0.25) is 4.57 Å². The predicted octanol–water partition coefficient (Wildman–Crippen LogP) is 10.0. The Kier molecular flexibility index (Phi) is 5.83. The van der Waals surface area contributed by atoms with Crippen LogP contribution >= 0.6 is 0 Å². The SMILES string of the molecule is CCc1nc2cccc3c2n1-c1cc(-c2ccc4c(-c5ccccc5)c5ccccc5c(-c5ccccc5)c4c2)ccc1S3(=O)=O. The summed E-state index contributed by atoms with van der Waals surface area (Å²) in [4.78, 5) is 5.45. The fraction of sp³-hybridized carbons (Fsp3) is 0.0488. The molecule has 0 N–H and O–H groups in total. The van der Waals surface area contributed by atoms with Crippen LogP contribution in [-0.2, 0) is 16.3 Å². The van der Waals surface area contributed by atoms with Crippen LogP contribution in [0.1, 0.15) is 12.7 Å². The lowest BCUT2D eigenvalue weighted by molar-refractivity contribution is 0.594. The summed E-state index contributed by atoms with van der Waals surface area (Å²) in [6, 6.07) is 47.6. The standard InChI is InChI=1S/C41H28N2O2S/c1-2-38-42-34-18-11-19-37-41(34)43(38)35-25-29(21-23-36(35)46(37,44)45)28-20-22-32-33(24-28)40(27-14-7-4-8-15-27)31-17-10-9-16-30(31)39(32)26-12-5-3-6-13-26/h3-25H,2H2,1H3. The minimum absolute atomic E-state index is 0.312. The highest BCUT2D eigenvalue weighted by atomic mass is 32.2. The van der Waals surface area contributed by atoms with E-state index in [2.05, 4.69) is 110 Å². The summed E-state index contributed by atoms with van der Waals surface area (Å²) in [5.41, 5.74) is 8.71. The average Bonchev–Trinajstić information content (AvgIpc) is 3.49. The largest absolute Gasteiger partial charge is 0.294 e. The van der Waals surface area contributed by atoms with E-state index in [0.717, 1.165) is 27.9 Å². The Bertz CT molecular complexity index is 2620. The Balaban J connectivity index is 1.35. The first-order valence-corrected chi connectivity index (χ1v) is 17.0. The normalized spacial score (nSPS) is 13.3. The molecule has 1 aliphatic heterocycles. The summed E-state index contributed by atoms with van der Waals surface area (Å²) >= 11 is 0. The van der Waals surface area contributed by atoms with Gasteiger partial charge in [-0.2, -0.15) is 0 Å². The highest BCUT2D eigenvalue weighted by molar-refractivity contribution is 7.92. The molecule has 0 saturated heterocycles. The molecule has 1 aromatic heterocycles. The quantitative estimate of drug-likeness (QED) is 0.186. The second-order valence-corrected chi connectivity index (χ2v) is 13.7. The van der Waals surface area contributed by atoms with Crippen molar-refractivity contribution >= 4 is 42.4 Å². The number of hydrogen-bond acceptors (Lipinski definition) is 3. The molecule has 5 heteroatoms. The van der Waals surface area contributed by atoms with Crippen molar-refractivity contribution in [3.05, 3.63) is 145 Å². The Morgan fingerprint density at radius 2 is 1.13 bits per heavy atom. The summed E-state index contributed by atoms with van der Waals surface area (Å²) in [5, 5.41) is 4.73. The first kappa shape index (κ1) is 26.8. The number of aromatic nitrogens is 2. The number of benzene rings is 7. The molecule has 7 aromatic carbocycles. The van der Waals surface area contributed by atoms with Crippen LogP contribution < -0.4 is 0 Å². The number of aryl methyl sites for hydroxylation is 1. The molecule has 46 heavy (non-hydrogen) atoms. The van der Waals surface area contributed by atoms with E-state index in [4.69, 9.17) is 4.98 Å². The number of nitrogens with zero attached hydrogens (tertiary/aromatic N) is 2. The highest BCUT2D eigenvalue weighted by Gasteiger charge is 2.33. The van der Waals surface area contributed by atoms with Crippen LogP contribution in [0.2, 0.25) is 0 Å². The molecule has 0 fully saturated rings. The number of rotatable bonds is 4. The molecule has 0 amide bonds. The molecule has 2 heterocycles. The molecule has 0 spiro atoms. The van der Waals surface area contributed by atoms with Crippen LogP contribution in [0.4, 0.5) is 0 Å². The van der Waals surface area contributed by atoms with Crippen molar-refractivity contribution < 1.29 is 8.42 Å². The minimum Gasteiger partial charge on any atom is -0.294 e. The molecule has 0 radical (unpaired) electrons. The van der Waals surface area contributed by atoms with Crippen molar-refractivity contribution in [2.45, 2.75) is 23.1 Å². The van der Waals surface area contributed by atoms with Gasteiger partial charge in [-0.05, 0) is 85.3 Å². The molecule has 0 bridgehead atoms. The van der Waals surface area contributed by atoms with Crippen molar-refractivity contribution in [3.8, 4) is 39.1 Å². The van der Waals surface area contributed by atoms with Crippen LogP contribution in [0.3, 0.4) is 0 Å². The van der Waals surface area contributed by atoms with Crippen LogP contribution in [0.25, 0.3) is 71.6 Å². The fourth-order valence-corrected chi connectivity index (χ4v) is 8.88. The third-order valence-corrected chi connectivity index (χ3v) is 11.1. The van der Waals surface area contributed by atoms with Gasteiger partial charge < -0.3 is 0 Å². The zero-order chi connectivity index (χ0) is 31.0. The number of sulfone groups is 1. The summed E-state index contributed by atoms with van der Waals surface area (Å²) in [6.45, 7) is 2.06. The lowest BCUT2D eigenvalue weighted by Gasteiger charge is -2.22. The van der Waals surface area contributed by atoms with E-state index in [1.807, 2.05) is 22.8 Å². The molecule has 0 atom stereocenters. The number of fused-ring (bicyclic) bond motifs is 4. The molecule has 9 rings (SSSR count). The molecule has 0 unspecified atom stereocenters. The van der Waals surface area contributed by atoms with Crippen molar-refractivity contribution in [3.63, 3.8) is 0 Å². The van der Waals surface area contributed by atoms with E-state index in [0.29, 0.717) is 32.9 Å². The van der Waals surface area contributed by atoms with Crippen LogP contribution in [-0.4, -0.2) is 18.0 Å². The third-order valence-electron chi connectivity index (χ3n) is 9.29. The first-order chi connectivity index (χ1) is 22.5. The lowest BCUT2D eigenvalue weighted by Crippen LogP contribution is -2.15. The van der Waals surface area contributed by atoms with Gasteiger partial charge in [-0.1, -0.05) is 116 Å². The van der Waals surface area contributed by atoms with Crippen molar-refractivity contribution in [2.24, 2.45) is 0 Å². The van der Waals surface area contributed by atoms with E-state index in [9.17, 15) is 8.42 Å². The van der Waals surface area contributed by atoms with Gasteiger partial charge in [0, 0.05) is 6.42 Å². The molecule has 4 nitrogen and oxygen atoms in total. The second-order valence-electron chi connectivity index (χ2n) is 11.8. The van der Waals surface area contributed by atoms with E-state index >= 15 is 0 Å². The van der Waals surface area contributed by atoms with Gasteiger partial charge in [-0.25, -0.2) is 13.4 Å². The van der Waals surface area contributed by atoms with Gasteiger partial charge in [-0.15, -0.1) is 0 Å². The highest BCUT2D eigenvalue weighted by Crippen LogP contribution is 2.46. The van der Waals surface area contributed by atoms with Gasteiger partial charge in [0.25, 0.3) is 0 Å². The topological polar surface area (TPSA) is 52.0 Å². The van der Waals surface area contributed by atoms with Crippen LogP contribution in [0.5, 0.6) is 0 Å². The zero-order valence-corrected chi connectivity index (χ0v) is 25.9. The fourth-order valence-electron chi connectivity index (χ4n) is 7.26. The molecule has 8 aromatic rings. The van der Waals surface area contributed by atoms with E-state index in [1.165, 1.54) is 32.8 Å².